The molecule has 1 aromatic rings. The second kappa shape index (κ2) is 4.60. The zero-order chi connectivity index (χ0) is 12.6. The molecule has 0 aromatic heterocycles. The lowest BCUT2D eigenvalue weighted by atomic mass is 10.1. The van der Waals surface area contributed by atoms with Gasteiger partial charge in [0.25, 0.3) is 0 Å². The van der Waals surface area contributed by atoms with Crippen LogP contribution in [0.3, 0.4) is 0 Å². The molecule has 0 aliphatic carbocycles. The van der Waals surface area contributed by atoms with E-state index in [0.29, 0.717) is 0 Å². The minimum atomic E-state index is -2.39. The van der Waals surface area contributed by atoms with Gasteiger partial charge in [-0.05, 0) is 15.9 Å². The molecule has 0 amide bonds. The molecule has 0 fully saturated rings. The summed E-state index contributed by atoms with van der Waals surface area (Å²) < 4.78 is 38.7. The van der Waals surface area contributed by atoms with E-state index in [4.69, 9.17) is 21.8 Å². The quantitative estimate of drug-likeness (QED) is 0.651. The predicted octanol–water partition coefficient (Wildman–Crippen LogP) is 2.64. The summed E-state index contributed by atoms with van der Waals surface area (Å²) in [5, 5.41) is 16.4. The molecule has 1 aromatic carbocycles. The van der Waals surface area contributed by atoms with Crippen LogP contribution in [0, 0.1) is 17.5 Å². The molecule has 0 heterocycles. The highest BCUT2D eigenvalue weighted by atomic mass is 79.9. The van der Waals surface area contributed by atoms with Gasteiger partial charge in [0.1, 0.15) is 5.02 Å². The number of rotatable bonds is 2. The van der Waals surface area contributed by atoms with E-state index >= 15 is 0 Å². The van der Waals surface area contributed by atoms with Gasteiger partial charge in [-0.3, -0.25) is 0 Å². The van der Waals surface area contributed by atoms with Crippen LogP contribution in [0.2, 0.25) is 5.02 Å². The first kappa shape index (κ1) is 13.3. The molecular formula is C8H3BrClF3O3. The summed E-state index contributed by atoms with van der Waals surface area (Å²) in [7, 11) is 0. The molecule has 1 atom stereocenters. The van der Waals surface area contributed by atoms with Crippen molar-refractivity contribution < 1.29 is 28.2 Å². The lowest BCUT2D eigenvalue weighted by Gasteiger charge is -2.12. The van der Waals surface area contributed by atoms with Gasteiger partial charge < -0.3 is 10.2 Å². The minimum absolute atomic E-state index is 0.730. The number of aliphatic hydroxyl groups excluding tert-OH is 1. The van der Waals surface area contributed by atoms with Gasteiger partial charge in [0.2, 0.25) is 0 Å². The van der Waals surface area contributed by atoms with Gasteiger partial charge in [0, 0.05) is 5.56 Å². The van der Waals surface area contributed by atoms with Gasteiger partial charge in [0.15, 0.2) is 23.6 Å². The number of hydrogen-bond donors (Lipinski definition) is 2. The Morgan fingerprint density at radius 1 is 1.25 bits per heavy atom. The van der Waals surface area contributed by atoms with Crippen LogP contribution >= 0.6 is 27.5 Å². The molecule has 0 radical (unpaired) electrons. The Morgan fingerprint density at radius 2 is 1.75 bits per heavy atom. The van der Waals surface area contributed by atoms with Crippen LogP contribution in [0.5, 0.6) is 0 Å². The highest BCUT2D eigenvalue weighted by Gasteiger charge is 2.30. The fourth-order valence-corrected chi connectivity index (χ4v) is 1.87. The van der Waals surface area contributed by atoms with Crippen molar-refractivity contribution >= 4 is 33.5 Å². The molecule has 0 saturated carbocycles. The van der Waals surface area contributed by atoms with Crippen LogP contribution < -0.4 is 0 Å². The number of halogens is 5. The van der Waals surface area contributed by atoms with Crippen LogP contribution in [0.25, 0.3) is 0 Å². The summed E-state index contributed by atoms with van der Waals surface area (Å²) in [6.45, 7) is 0. The Hall–Kier alpha value is -0.790. The lowest BCUT2D eigenvalue weighted by molar-refractivity contribution is -0.147. The summed E-state index contributed by atoms with van der Waals surface area (Å²) in [6.07, 6.45) is -2.39. The smallest absolute Gasteiger partial charge is 0.337 e. The highest BCUT2D eigenvalue weighted by Crippen LogP contribution is 2.35. The molecular weight excluding hydrogens is 316 g/mol. The Labute approximate surface area is 101 Å². The van der Waals surface area contributed by atoms with Crippen LogP contribution in [0.15, 0.2) is 4.47 Å². The molecule has 2 N–H and O–H groups in total. The van der Waals surface area contributed by atoms with Crippen molar-refractivity contribution in [1.82, 2.24) is 0 Å². The maximum Gasteiger partial charge on any atom is 0.337 e. The van der Waals surface area contributed by atoms with Gasteiger partial charge in [-0.1, -0.05) is 11.6 Å². The maximum atomic E-state index is 13.2. The molecule has 3 nitrogen and oxygen atoms in total. The van der Waals surface area contributed by atoms with E-state index in [1.165, 1.54) is 0 Å². The van der Waals surface area contributed by atoms with Gasteiger partial charge in [-0.25, -0.2) is 18.0 Å². The van der Waals surface area contributed by atoms with Crippen LogP contribution in [0.4, 0.5) is 13.2 Å². The van der Waals surface area contributed by atoms with E-state index in [1.54, 1.807) is 0 Å². The van der Waals surface area contributed by atoms with Crippen LogP contribution in [-0.4, -0.2) is 16.2 Å². The Bertz CT molecular complexity index is 437. The van der Waals surface area contributed by atoms with Crippen molar-refractivity contribution in [2.24, 2.45) is 0 Å². The first-order valence-electron chi connectivity index (χ1n) is 3.71. The average Bonchev–Trinajstić information content (AvgIpc) is 2.23. The average molecular weight is 319 g/mol. The van der Waals surface area contributed by atoms with E-state index < -0.39 is 44.6 Å². The van der Waals surface area contributed by atoms with Crippen LogP contribution in [-0.2, 0) is 4.79 Å². The zero-order valence-electron chi connectivity index (χ0n) is 7.27. The minimum Gasteiger partial charge on any atom is -0.479 e. The standard InChI is InChI=1S/C8H3BrClF3O3/c9-2-1(7(14)8(15)16)4(11)6(13)3(10)5(2)12/h7,14H,(H,15,16). The van der Waals surface area contributed by atoms with Gasteiger partial charge in [-0.15, -0.1) is 0 Å². The summed E-state index contributed by atoms with van der Waals surface area (Å²) in [5.74, 6) is -6.69. The van der Waals surface area contributed by atoms with Gasteiger partial charge >= 0.3 is 5.97 Å². The lowest BCUT2D eigenvalue weighted by Crippen LogP contribution is -2.15. The van der Waals surface area contributed by atoms with E-state index in [9.17, 15) is 18.0 Å². The van der Waals surface area contributed by atoms with Crippen molar-refractivity contribution in [1.29, 1.82) is 0 Å². The molecule has 1 unspecified atom stereocenters. The molecule has 0 spiro atoms. The summed E-state index contributed by atoms with van der Waals surface area (Å²) >= 11 is 7.59. The Morgan fingerprint density at radius 3 is 2.19 bits per heavy atom. The summed E-state index contributed by atoms with van der Waals surface area (Å²) in [6, 6.07) is 0. The summed E-state index contributed by atoms with van der Waals surface area (Å²) in [5.41, 5.74) is -1.05. The molecule has 0 aliphatic heterocycles. The van der Waals surface area contributed by atoms with Crippen molar-refractivity contribution in [3.8, 4) is 0 Å². The third-order valence-corrected chi connectivity index (χ3v) is 2.86. The van der Waals surface area contributed by atoms with E-state index in [-0.39, 0.29) is 0 Å². The van der Waals surface area contributed by atoms with Gasteiger partial charge in [-0.2, -0.15) is 0 Å². The molecule has 0 saturated heterocycles. The highest BCUT2D eigenvalue weighted by molar-refractivity contribution is 9.10. The Balaban J connectivity index is 3.57. The number of benzene rings is 1. The number of carboxylic acid groups (broad SMARTS) is 1. The third kappa shape index (κ3) is 2.02. The molecule has 88 valence electrons. The van der Waals surface area contributed by atoms with Gasteiger partial charge in [0.05, 0.1) is 4.47 Å². The monoisotopic (exact) mass is 318 g/mol. The topological polar surface area (TPSA) is 57.5 Å². The van der Waals surface area contributed by atoms with Crippen molar-refractivity contribution in [2.75, 3.05) is 0 Å². The largest absolute Gasteiger partial charge is 0.479 e. The first-order valence-corrected chi connectivity index (χ1v) is 4.88. The number of carbonyl (C=O) groups is 1. The van der Waals surface area contributed by atoms with E-state index in [0.717, 1.165) is 0 Å². The molecule has 0 aliphatic rings. The first-order chi connectivity index (χ1) is 7.29. The normalized spacial score (nSPS) is 12.6. The second-order valence-electron chi connectivity index (χ2n) is 2.72. The number of aliphatic carboxylic acids is 1. The maximum absolute atomic E-state index is 13.2. The van der Waals surface area contributed by atoms with Crippen LogP contribution in [0.1, 0.15) is 11.7 Å². The second-order valence-corrected chi connectivity index (χ2v) is 3.90. The van der Waals surface area contributed by atoms with Crippen molar-refractivity contribution in [2.45, 2.75) is 6.10 Å². The fraction of sp³-hybridized carbons (Fsp3) is 0.125. The molecule has 16 heavy (non-hydrogen) atoms. The van der Waals surface area contributed by atoms with E-state index in [1.807, 2.05) is 0 Å². The molecule has 1 rings (SSSR count). The molecule has 8 heteroatoms. The van der Waals surface area contributed by atoms with Crippen molar-refractivity contribution in [3.05, 3.63) is 32.5 Å². The third-order valence-electron chi connectivity index (χ3n) is 1.75. The predicted molar refractivity (Wildman–Crippen MR) is 51.6 cm³/mol. The number of aliphatic hydroxyl groups is 1. The summed E-state index contributed by atoms with van der Waals surface area (Å²) in [4.78, 5) is 10.4. The molecule has 0 bridgehead atoms. The van der Waals surface area contributed by atoms with E-state index in [2.05, 4.69) is 15.9 Å². The van der Waals surface area contributed by atoms with Crippen molar-refractivity contribution in [3.63, 3.8) is 0 Å². The number of carboxylic acids is 1. The Kier molecular flexibility index (Phi) is 3.82. The zero-order valence-corrected chi connectivity index (χ0v) is 9.61. The fourth-order valence-electron chi connectivity index (χ4n) is 0.985. The number of hydrogen-bond acceptors (Lipinski definition) is 2. The SMILES string of the molecule is O=C(O)C(O)c1c(F)c(F)c(Cl)c(F)c1Br.